The number of anilines is 1. The average molecular weight is 278 g/mol. The molecule has 0 bridgehead atoms. The minimum absolute atomic E-state index is 0.190. The molecule has 0 aromatic carbocycles. The van der Waals surface area contributed by atoms with Crippen LogP contribution in [0.3, 0.4) is 0 Å². The third kappa shape index (κ3) is 3.21. The summed E-state index contributed by atoms with van der Waals surface area (Å²) in [4.78, 5) is 4.44. The lowest BCUT2D eigenvalue weighted by atomic mass is 10.1. The fraction of sp³-hybridized carbons (Fsp3) is 0.571. The van der Waals surface area contributed by atoms with Crippen molar-refractivity contribution in [1.29, 1.82) is 0 Å². The second-order valence-electron chi connectivity index (χ2n) is 5.65. The van der Waals surface area contributed by atoms with Crippen LogP contribution in [0.1, 0.15) is 39.3 Å². The number of rotatable bonds is 5. The number of hydrogen-bond acceptors (Lipinski definition) is 4. The van der Waals surface area contributed by atoms with Crippen molar-refractivity contribution in [3.05, 3.63) is 24.2 Å². The molecule has 0 atom stereocenters. The first kappa shape index (κ1) is 14.2. The highest BCUT2D eigenvalue weighted by Gasteiger charge is 2.17. The molecule has 0 spiro atoms. The monoisotopic (exact) mass is 278 g/mol. The van der Waals surface area contributed by atoms with E-state index in [0.717, 1.165) is 23.6 Å². The van der Waals surface area contributed by atoms with Gasteiger partial charge in [-0.25, -0.2) is 9.50 Å². The summed E-state index contributed by atoms with van der Waals surface area (Å²) in [5.74, 6) is 1.33. The van der Waals surface area contributed by atoms with Gasteiger partial charge in [0.25, 0.3) is 0 Å². The van der Waals surface area contributed by atoms with Gasteiger partial charge in [0, 0.05) is 23.7 Å². The highest BCUT2D eigenvalue weighted by Crippen LogP contribution is 2.24. The van der Waals surface area contributed by atoms with Gasteiger partial charge in [0.1, 0.15) is 5.52 Å². The number of aromatic nitrogens is 3. The van der Waals surface area contributed by atoms with E-state index in [0.29, 0.717) is 5.92 Å². The van der Waals surface area contributed by atoms with E-state index in [9.17, 15) is 0 Å². The van der Waals surface area contributed by atoms with E-state index in [4.69, 9.17) is 0 Å². The van der Waals surface area contributed by atoms with E-state index in [1.165, 1.54) is 0 Å². The molecule has 0 saturated carbocycles. The lowest BCUT2D eigenvalue weighted by Gasteiger charge is -2.22. The summed E-state index contributed by atoms with van der Waals surface area (Å²) in [5.41, 5.74) is 2.14. The van der Waals surface area contributed by atoms with Gasteiger partial charge in [0.2, 0.25) is 0 Å². The number of fused-ring (bicyclic) bond motifs is 1. The van der Waals surface area contributed by atoms with E-state index in [2.05, 4.69) is 55.4 Å². The van der Waals surface area contributed by atoms with Crippen LogP contribution in [0.5, 0.6) is 0 Å². The summed E-state index contributed by atoms with van der Waals surface area (Å²) < 4.78 is 2.09. The number of nitrogens with one attached hydrogen (secondary N) is 1. The molecule has 4 nitrogen and oxygen atoms in total. The number of hydrogen-bond donors (Lipinski definition) is 1. The average Bonchev–Trinajstić information content (AvgIpc) is 2.81. The first-order chi connectivity index (χ1) is 8.93. The first-order valence-corrected chi connectivity index (χ1v) is 7.79. The molecule has 2 aromatic heterocycles. The fourth-order valence-electron chi connectivity index (χ4n) is 1.73. The summed E-state index contributed by atoms with van der Waals surface area (Å²) in [6, 6.07) is 2.12. The standard InChI is InChI=1S/C14H22N4S/c1-10(2)11-8-12-13(15-6-7-18(12)17-11)16-9-14(3,4)19-5/h6-8,10H,9H2,1-5H3,(H,15,16). The molecule has 0 saturated heterocycles. The van der Waals surface area contributed by atoms with Crippen molar-refractivity contribution in [1.82, 2.24) is 14.6 Å². The van der Waals surface area contributed by atoms with Crippen molar-refractivity contribution in [2.24, 2.45) is 0 Å². The highest BCUT2D eigenvalue weighted by molar-refractivity contribution is 7.99. The normalized spacial score (nSPS) is 12.3. The Morgan fingerprint density at radius 1 is 1.42 bits per heavy atom. The fourth-order valence-corrected chi connectivity index (χ4v) is 1.94. The number of nitrogens with zero attached hydrogens (tertiary/aromatic N) is 3. The lowest BCUT2D eigenvalue weighted by Crippen LogP contribution is -2.26. The van der Waals surface area contributed by atoms with Gasteiger partial charge in [-0.05, 0) is 32.1 Å². The van der Waals surface area contributed by atoms with E-state index >= 15 is 0 Å². The molecular formula is C14H22N4S. The van der Waals surface area contributed by atoms with Gasteiger partial charge in [-0.2, -0.15) is 16.9 Å². The maximum Gasteiger partial charge on any atom is 0.152 e. The maximum atomic E-state index is 4.57. The Morgan fingerprint density at radius 2 is 2.16 bits per heavy atom. The molecule has 0 aliphatic heterocycles. The zero-order valence-electron chi connectivity index (χ0n) is 12.3. The van der Waals surface area contributed by atoms with Crippen LogP contribution >= 0.6 is 11.8 Å². The van der Waals surface area contributed by atoms with E-state index in [-0.39, 0.29) is 4.75 Å². The van der Waals surface area contributed by atoms with Gasteiger partial charge >= 0.3 is 0 Å². The second kappa shape index (κ2) is 5.41. The van der Waals surface area contributed by atoms with Crippen molar-refractivity contribution in [3.63, 3.8) is 0 Å². The van der Waals surface area contributed by atoms with Crippen LogP contribution in [-0.4, -0.2) is 32.1 Å². The molecule has 0 fully saturated rings. The molecule has 2 aromatic rings. The summed E-state index contributed by atoms with van der Waals surface area (Å²) in [5, 5.41) is 8.01. The smallest absolute Gasteiger partial charge is 0.152 e. The summed E-state index contributed by atoms with van der Waals surface area (Å²) >= 11 is 1.85. The molecule has 0 amide bonds. The lowest BCUT2D eigenvalue weighted by molar-refractivity contribution is 0.749. The Balaban J connectivity index is 2.28. The molecule has 0 aliphatic carbocycles. The molecule has 104 valence electrons. The van der Waals surface area contributed by atoms with Gasteiger partial charge in [0.05, 0.1) is 5.69 Å². The second-order valence-corrected chi connectivity index (χ2v) is 7.16. The summed E-state index contributed by atoms with van der Waals surface area (Å²) in [6.07, 6.45) is 5.82. The van der Waals surface area contributed by atoms with Crippen LogP contribution in [0, 0.1) is 0 Å². The summed E-state index contributed by atoms with van der Waals surface area (Å²) in [7, 11) is 0. The van der Waals surface area contributed by atoms with Crippen LogP contribution in [0.2, 0.25) is 0 Å². The predicted molar refractivity (Wildman–Crippen MR) is 83.2 cm³/mol. The topological polar surface area (TPSA) is 42.2 Å². The minimum atomic E-state index is 0.190. The molecule has 1 N–H and O–H groups in total. The van der Waals surface area contributed by atoms with E-state index in [1.54, 1.807) is 6.20 Å². The van der Waals surface area contributed by atoms with Crippen molar-refractivity contribution >= 4 is 23.1 Å². The van der Waals surface area contributed by atoms with E-state index < -0.39 is 0 Å². The van der Waals surface area contributed by atoms with E-state index in [1.807, 2.05) is 22.5 Å². The third-order valence-corrected chi connectivity index (χ3v) is 4.48. The quantitative estimate of drug-likeness (QED) is 0.910. The molecule has 0 unspecified atom stereocenters. The Bertz CT molecular complexity index is 560. The van der Waals surface area contributed by atoms with Crippen LogP contribution in [-0.2, 0) is 0 Å². The van der Waals surface area contributed by atoms with Crippen molar-refractivity contribution in [3.8, 4) is 0 Å². The molecule has 0 radical (unpaired) electrons. The largest absolute Gasteiger partial charge is 0.367 e. The maximum absolute atomic E-state index is 4.57. The van der Waals surface area contributed by atoms with Crippen LogP contribution < -0.4 is 5.32 Å². The van der Waals surface area contributed by atoms with Crippen molar-refractivity contribution in [2.75, 3.05) is 18.1 Å². The molecular weight excluding hydrogens is 256 g/mol. The number of thioether (sulfide) groups is 1. The zero-order valence-corrected chi connectivity index (χ0v) is 13.1. The third-order valence-electron chi connectivity index (χ3n) is 3.23. The minimum Gasteiger partial charge on any atom is -0.367 e. The van der Waals surface area contributed by atoms with Crippen LogP contribution in [0.15, 0.2) is 18.5 Å². The van der Waals surface area contributed by atoms with Crippen molar-refractivity contribution < 1.29 is 0 Å². The van der Waals surface area contributed by atoms with Crippen LogP contribution in [0.4, 0.5) is 5.82 Å². The molecule has 2 rings (SSSR count). The summed E-state index contributed by atoms with van der Waals surface area (Å²) in [6.45, 7) is 9.63. The Kier molecular flexibility index (Phi) is 4.04. The van der Waals surface area contributed by atoms with Gasteiger partial charge in [-0.15, -0.1) is 0 Å². The van der Waals surface area contributed by atoms with Gasteiger partial charge in [0.15, 0.2) is 5.82 Å². The molecule has 0 aliphatic rings. The SMILES string of the molecule is CSC(C)(C)CNc1nccn2nc(C(C)C)cc12. The Hall–Kier alpha value is -1.23. The first-order valence-electron chi connectivity index (χ1n) is 6.56. The molecule has 2 heterocycles. The van der Waals surface area contributed by atoms with Gasteiger partial charge in [-0.1, -0.05) is 13.8 Å². The molecule has 5 heteroatoms. The Labute approximate surface area is 119 Å². The van der Waals surface area contributed by atoms with Gasteiger partial charge in [-0.3, -0.25) is 0 Å². The zero-order chi connectivity index (χ0) is 14.0. The van der Waals surface area contributed by atoms with Crippen LogP contribution in [0.25, 0.3) is 5.52 Å². The van der Waals surface area contributed by atoms with Crippen molar-refractivity contribution in [2.45, 2.75) is 38.4 Å². The predicted octanol–water partition coefficient (Wildman–Crippen LogP) is 3.41. The highest BCUT2D eigenvalue weighted by atomic mass is 32.2. The molecule has 19 heavy (non-hydrogen) atoms. The Morgan fingerprint density at radius 3 is 2.79 bits per heavy atom. The van der Waals surface area contributed by atoms with Gasteiger partial charge < -0.3 is 5.32 Å².